The molecule has 0 saturated heterocycles. The first-order chi connectivity index (χ1) is 9.33. The van der Waals surface area contributed by atoms with Crippen molar-refractivity contribution in [3.05, 3.63) is 54.5 Å². The molecule has 0 spiro atoms. The van der Waals surface area contributed by atoms with Crippen LogP contribution >= 0.6 is 0 Å². The molecule has 4 heteroatoms. The Kier molecular flexibility index (Phi) is 3.14. The highest BCUT2D eigenvalue weighted by atomic mass is 15.3. The van der Waals surface area contributed by atoms with Crippen molar-refractivity contribution in [3.8, 4) is 0 Å². The second-order valence-corrected chi connectivity index (χ2v) is 4.52. The Morgan fingerprint density at radius 3 is 2.95 bits per heavy atom. The van der Waals surface area contributed by atoms with Crippen LogP contribution in [0.15, 0.2) is 48.8 Å². The number of nitrogens with zero attached hydrogens (tertiary/aromatic N) is 3. The minimum Gasteiger partial charge on any atom is -0.383 e. The third-order valence-electron chi connectivity index (χ3n) is 3.06. The van der Waals surface area contributed by atoms with E-state index in [9.17, 15) is 0 Å². The fourth-order valence-corrected chi connectivity index (χ4v) is 2.19. The van der Waals surface area contributed by atoms with E-state index in [1.807, 2.05) is 42.1 Å². The lowest BCUT2D eigenvalue weighted by Crippen LogP contribution is -2.11. The van der Waals surface area contributed by atoms with Crippen molar-refractivity contribution >= 4 is 16.6 Å². The number of nitrogens with one attached hydrogen (secondary N) is 1. The monoisotopic (exact) mass is 252 g/mol. The zero-order chi connectivity index (χ0) is 13.1. The number of rotatable bonds is 4. The van der Waals surface area contributed by atoms with Crippen molar-refractivity contribution in [1.29, 1.82) is 0 Å². The lowest BCUT2D eigenvalue weighted by molar-refractivity contribution is 0.638. The van der Waals surface area contributed by atoms with Gasteiger partial charge in [0.2, 0.25) is 0 Å². The zero-order valence-electron chi connectivity index (χ0n) is 10.9. The predicted molar refractivity (Wildman–Crippen MR) is 77.2 cm³/mol. The highest BCUT2D eigenvalue weighted by Gasteiger charge is 2.02. The first kappa shape index (κ1) is 11.7. The normalized spacial score (nSPS) is 10.8. The van der Waals surface area contributed by atoms with Gasteiger partial charge in [0, 0.05) is 35.7 Å². The quantitative estimate of drug-likeness (QED) is 0.776. The van der Waals surface area contributed by atoms with Crippen LogP contribution in [-0.4, -0.2) is 21.3 Å². The maximum atomic E-state index is 4.54. The van der Waals surface area contributed by atoms with Gasteiger partial charge in [-0.05, 0) is 25.1 Å². The van der Waals surface area contributed by atoms with Crippen LogP contribution in [0.3, 0.4) is 0 Å². The molecule has 0 amide bonds. The van der Waals surface area contributed by atoms with Gasteiger partial charge in [0.15, 0.2) is 0 Å². The SMILES string of the molecule is Cc1cc(NCCn2cccn2)c2ccccc2n1. The summed E-state index contributed by atoms with van der Waals surface area (Å²) in [6, 6.07) is 12.2. The van der Waals surface area contributed by atoms with E-state index in [-0.39, 0.29) is 0 Å². The molecule has 3 rings (SSSR count). The summed E-state index contributed by atoms with van der Waals surface area (Å²) in [5.41, 5.74) is 3.19. The fourth-order valence-electron chi connectivity index (χ4n) is 2.19. The molecule has 0 aliphatic heterocycles. The number of aromatic nitrogens is 3. The second-order valence-electron chi connectivity index (χ2n) is 4.52. The van der Waals surface area contributed by atoms with Gasteiger partial charge in [-0.15, -0.1) is 0 Å². The number of fused-ring (bicyclic) bond motifs is 1. The lowest BCUT2D eigenvalue weighted by atomic mass is 10.1. The number of hydrogen-bond donors (Lipinski definition) is 1. The Labute approximate surface area is 112 Å². The van der Waals surface area contributed by atoms with Crippen LogP contribution in [0, 0.1) is 6.92 Å². The molecule has 0 aliphatic rings. The number of benzene rings is 1. The van der Waals surface area contributed by atoms with Crippen LogP contribution < -0.4 is 5.32 Å². The van der Waals surface area contributed by atoms with Crippen molar-refractivity contribution in [2.75, 3.05) is 11.9 Å². The summed E-state index contributed by atoms with van der Waals surface area (Å²) >= 11 is 0. The van der Waals surface area contributed by atoms with Crippen LogP contribution in [0.5, 0.6) is 0 Å². The Morgan fingerprint density at radius 1 is 1.21 bits per heavy atom. The van der Waals surface area contributed by atoms with Crippen LogP contribution in [0.4, 0.5) is 5.69 Å². The standard InChI is InChI=1S/C15H16N4/c1-12-11-15(13-5-2-3-6-14(13)18-12)16-8-10-19-9-4-7-17-19/h2-7,9,11H,8,10H2,1H3,(H,16,18). The first-order valence-corrected chi connectivity index (χ1v) is 6.40. The number of para-hydroxylation sites is 1. The molecular formula is C15H16N4. The molecule has 0 fully saturated rings. The molecule has 2 heterocycles. The number of anilines is 1. The molecule has 1 N–H and O–H groups in total. The highest BCUT2D eigenvalue weighted by molar-refractivity contribution is 5.91. The van der Waals surface area contributed by atoms with E-state index in [2.05, 4.69) is 27.5 Å². The topological polar surface area (TPSA) is 42.7 Å². The summed E-state index contributed by atoms with van der Waals surface area (Å²) in [5.74, 6) is 0. The van der Waals surface area contributed by atoms with Crippen LogP contribution in [0.25, 0.3) is 10.9 Å². The molecule has 4 nitrogen and oxygen atoms in total. The van der Waals surface area contributed by atoms with Crippen molar-refractivity contribution in [3.63, 3.8) is 0 Å². The second kappa shape index (κ2) is 5.10. The van der Waals surface area contributed by atoms with Gasteiger partial charge in [-0.3, -0.25) is 9.67 Å². The molecule has 0 unspecified atom stereocenters. The van der Waals surface area contributed by atoms with Crippen LogP contribution in [-0.2, 0) is 6.54 Å². The average molecular weight is 252 g/mol. The molecule has 19 heavy (non-hydrogen) atoms. The van der Waals surface area contributed by atoms with Gasteiger partial charge in [-0.1, -0.05) is 18.2 Å². The van der Waals surface area contributed by atoms with E-state index < -0.39 is 0 Å². The molecule has 96 valence electrons. The van der Waals surface area contributed by atoms with Gasteiger partial charge in [-0.2, -0.15) is 5.10 Å². The van der Waals surface area contributed by atoms with Gasteiger partial charge in [0.25, 0.3) is 0 Å². The summed E-state index contributed by atoms with van der Waals surface area (Å²) in [5, 5.41) is 8.82. The van der Waals surface area contributed by atoms with E-state index in [1.165, 1.54) is 0 Å². The minimum absolute atomic E-state index is 0.842. The highest BCUT2D eigenvalue weighted by Crippen LogP contribution is 2.22. The smallest absolute Gasteiger partial charge is 0.0725 e. The number of pyridine rings is 1. The molecular weight excluding hydrogens is 236 g/mol. The predicted octanol–water partition coefficient (Wildman–Crippen LogP) is 2.85. The van der Waals surface area contributed by atoms with Gasteiger partial charge < -0.3 is 5.32 Å². The van der Waals surface area contributed by atoms with Crippen molar-refractivity contribution in [2.24, 2.45) is 0 Å². The number of aryl methyl sites for hydroxylation is 1. The van der Waals surface area contributed by atoms with E-state index in [0.717, 1.165) is 35.4 Å². The third kappa shape index (κ3) is 2.57. The molecule has 1 aromatic carbocycles. The summed E-state index contributed by atoms with van der Waals surface area (Å²) < 4.78 is 1.92. The third-order valence-corrected chi connectivity index (χ3v) is 3.06. The van der Waals surface area contributed by atoms with Crippen LogP contribution in [0.2, 0.25) is 0 Å². The van der Waals surface area contributed by atoms with E-state index >= 15 is 0 Å². The Morgan fingerprint density at radius 2 is 2.11 bits per heavy atom. The van der Waals surface area contributed by atoms with Gasteiger partial charge in [0.1, 0.15) is 0 Å². The van der Waals surface area contributed by atoms with Gasteiger partial charge in [-0.25, -0.2) is 0 Å². The average Bonchev–Trinajstić information content (AvgIpc) is 2.91. The maximum absolute atomic E-state index is 4.54. The summed E-state index contributed by atoms with van der Waals surface area (Å²) in [7, 11) is 0. The summed E-state index contributed by atoms with van der Waals surface area (Å²) in [6.45, 7) is 3.71. The number of hydrogen-bond acceptors (Lipinski definition) is 3. The fraction of sp³-hybridized carbons (Fsp3) is 0.200. The Balaban J connectivity index is 1.80. The van der Waals surface area contributed by atoms with E-state index in [4.69, 9.17) is 0 Å². The van der Waals surface area contributed by atoms with Gasteiger partial charge in [0.05, 0.1) is 12.1 Å². The zero-order valence-corrected chi connectivity index (χ0v) is 10.9. The molecule has 0 saturated carbocycles. The molecule has 0 atom stereocenters. The Bertz CT molecular complexity index is 674. The van der Waals surface area contributed by atoms with Crippen molar-refractivity contribution in [2.45, 2.75) is 13.5 Å². The molecule has 0 bridgehead atoms. The van der Waals surface area contributed by atoms with E-state index in [1.54, 1.807) is 6.20 Å². The molecule has 2 aromatic heterocycles. The Hall–Kier alpha value is -2.36. The van der Waals surface area contributed by atoms with Crippen molar-refractivity contribution < 1.29 is 0 Å². The van der Waals surface area contributed by atoms with Crippen molar-refractivity contribution in [1.82, 2.24) is 14.8 Å². The lowest BCUT2D eigenvalue weighted by Gasteiger charge is -2.10. The van der Waals surface area contributed by atoms with Crippen LogP contribution in [0.1, 0.15) is 5.69 Å². The first-order valence-electron chi connectivity index (χ1n) is 6.40. The summed E-state index contributed by atoms with van der Waals surface area (Å²) in [6.07, 6.45) is 3.77. The van der Waals surface area contributed by atoms with Gasteiger partial charge >= 0.3 is 0 Å². The molecule has 0 aliphatic carbocycles. The summed E-state index contributed by atoms with van der Waals surface area (Å²) in [4.78, 5) is 4.54. The minimum atomic E-state index is 0.842. The van der Waals surface area contributed by atoms with E-state index in [0.29, 0.717) is 0 Å². The largest absolute Gasteiger partial charge is 0.383 e. The maximum Gasteiger partial charge on any atom is 0.0725 e. The molecule has 3 aromatic rings. The molecule has 0 radical (unpaired) electrons.